The summed E-state index contributed by atoms with van der Waals surface area (Å²) < 4.78 is 30.0. The molecule has 1 aromatic heterocycles. The summed E-state index contributed by atoms with van der Waals surface area (Å²) in [7, 11) is -0.589. The first-order chi connectivity index (χ1) is 23.9. The molecule has 2 heterocycles. The lowest BCUT2D eigenvalue weighted by Gasteiger charge is -2.39. The Labute approximate surface area is 308 Å². The molecular weight excluding hydrogens is 663 g/mol. The van der Waals surface area contributed by atoms with Crippen LogP contribution >= 0.6 is 0 Å². The second-order valence-corrected chi connectivity index (χ2v) is 17.9. The van der Waals surface area contributed by atoms with Gasteiger partial charge in [-0.2, -0.15) is 0 Å². The van der Waals surface area contributed by atoms with E-state index in [9.17, 15) is 14.4 Å². The van der Waals surface area contributed by atoms with Gasteiger partial charge >= 0.3 is 25.4 Å². The van der Waals surface area contributed by atoms with Gasteiger partial charge in [0.25, 0.3) is 0 Å². The maximum atomic E-state index is 14.0. The molecule has 13 heteroatoms. The van der Waals surface area contributed by atoms with Gasteiger partial charge in [-0.25, -0.2) is 34.2 Å². The average Bonchev–Trinajstić information content (AvgIpc) is 3.21. The third-order valence-electron chi connectivity index (χ3n) is 9.50. The van der Waals surface area contributed by atoms with Gasteiger partial charge < -0.3 is 23.5 Å². The van der Waals surface area contributed by atoms with Crippen LogP contribution in [0.25, 0.3) is 21.7 Å². The molecule has 282 valence electrons. The monoisotopic (exact) mass is 718 g/mol. The summed E-state index contributed by atoms with van der Waals surface area (Å²) in [5.41, 5.74) is -1.90. The van der Waals surface area contributed by atoms with Crippen molar-refractivity contribution < 1.29 is 37.9 Å². The van der Waals surface area contributed by atoms with Gasteiger partial charge in [0.15, 0.2) is 0 Å². The Hall–Kier alpha value is -3.97. The molecule has 0 bridgehead atoms. The predicted molar refractivity (Wildman–Crippen MR) is 202 cm³/mol. The molecule has 0 spiro atoms. The van der Waals surface area contributed by atoms with Crippen molar-refractivity contribution in [3.05, 3.63) is 36.5 Å². The molecule has 3 aromatic rings. The fourth-order valence-corrected chi connectivity index (χ4v) is 6.45. The molecule has 1 saturated carbocycles. The summed E-state index contributed by atoms with van der Waals surface area (Å²) in [6.45, 7) is 24.0. The quantitative estimate of drug-likeness (QED) is 0.148. The second kappa shape index (κ2) is 13.8. The first-order valence-corrected chi connectivity index (χ1v) is 18.2. The van der Waals surface area contributed by atoms with Crippen LogP contribution in [0.15, 0.2) is 36.5 Å². The van der Waals surface area contributed by atoms with Crippen LogP contribution in [0.4, 0.5) is 20.3 Å². The van der Waals surface area contributed by atoms with Crippen molar-refractivity contribution in [3.63, 3.8) is 0 Å². The molecule has 0 radical (unpaired) electrons. The molecule has 0 atom stereocenters. The van der Waals surface area contributed by atoms with Gasteiger partial charge in [-0.1, -0.05) is 30.3 Å². The van der Waals surface area contributed by atoms with Crippen LogP contribution in [-0.2, 0) is 23.5 Å². The van der Waals surface area contributed by atoms with Crippen LogP contribution < -0.4 is 10.4 Å². The molecule has 3 amide bonds. The highest BCUT2D eigenvalue weighted by molar-refractivity contribution is 6.65. The van der Waals surface area contributed by atoms with Gasteiger partial charge in [0.1, 0.15) is 16.8 Å². The summed E-state index contributed by atoms with van der Waals surface area (Å²) >= 11 is 0. The van der Waals surface area contributed by atoms with E-state index in [2.05, 4.69) is 0 Å². The molecule has 2 fully saturated rings. The fourth-order valence-electron chi connectivity index (χ4n) is 6.45. The number of imide groups is 1. The van der Waals surface area contributed by atoms with Crippen molar-refractivity contribution in [1.29, 1.82) is 0 Å². The molecule has 5 rings (SSSR count). The number of nitrogens with zero attached hydrogens (tertiary/aromatic N) is 4. The Balaban J connectivity index is 1.50. The molecule has 1 aliphatic heterocycles. The van der Waals surface area contributed by atoms with E-state index < -0.39 is 59.4 Å². The molecular formula is C39H55BN4O8. The molecule has 12 nitrogen and oxygen atoms in total. The van der Waals surface area contributed by atoms with Crippen molar-refractivity contribution in [2.45, 2.75) is 156 Å². The third kappa shape index (κ3) is 8.63. The Morgan fingerprint density at radius 1 is 0.731 bits per heavy atom. The number of fused-ring (bicyclic) bond motifs is 3. The highest BCUT2D eigenvalue weighted by Gasteiger charge is 2.52. The number of aromatic nitrogens is 2. The van der Waals surface area contributed by atoms with Crippen LogP contribution in [0.2, 0.25) is 0 Å². The van der Waals surface area contributed by atoms with Gasteiger partial charge in [0, 0.05) is 29.1 Å². The molecule has 0 N–H and O–H groups in total. The number of ether oxygens (including phenoxy) is 3. The highest BCUT2D eigenvalue weighted by atomic mass is 16.7. The number of benzene rings is 2. The van der Waals surface area contributed by atoms with Crippen LogP contribution in [0, 0.1) is 0 Å². The van der Waals surface area contributed by atoms with Crippen molar-refractivity contribution in [2.75, 3.05) is 4.90 Å². The second-order valence-electron chi connectivity index (χ2n) is 17.9. The highest BCUT2D eigenvalue weighted by Crippen LogP contribution is 2.38. The van der Waals surface area contributed by atoms with Crippen molar-refractivity contribution in [1.82, 2.24) is 14.9 Å². The van der Waals surface area contributed by atoms with Crippen LogP contribution in [0.1, 0.15) is 116 Å². The maximum Gasteiger partial charge on any atom is 0.495 e. The summed E-state index contributed by atoms with van der Waals surface area (Å²) in [5, 5.41) is 2.56. The fraction of sp³-hybridized carbons (Fsp3) is 0.615. The average molecular weight is 719 g/mol. The van der Waals surface area contributed by atoms with Crippen LogP contribution in [0.3, 0.4) is 0 Å². The maximum absolute atomic E-state index is 14.0. The molecule has 2 aliphatic rings. The minimum atomic E-state index is -0.815. The standard InChI is InChI=1S/C39H55BN4O8/c1-35(2,3)48-32(45)43(25-18-20-26(21-19-25)44(33(46)49-36(4,5)6)34(47)50-37(7,8)9)31-41-23-24-22-29(40-51-38(10,11)39(12,13)52-40)27-16-14-15-17-28(27)30(24)42-31/h14-17,22-23,25-26H,18-21H2,1-13H3. The van der Waals surface area contributed by atoms with Crippen LogP contribution in [-0.4, -0.2) is 80.4 Å². The zero-order chi connectivity index (χ0) is 38.6. The van der Waals surface area contributed by atoms with Crippen molar-refractivity contribution in [2.24, 2.45) is 0 Å². The van der Waals surface area contributed by atoms with E-state index in [1.54, 1.807) is 47.7 Å². The number of hydrogen-bond donors (Lipinski definition) is 0. The lowest BCUT2D eigenvalue weighted by atomic mass is 9.75. The minimum Gasteiger partial charge on any atom is -0.443 e. The van der Waals surface area contributed by atoms with Gasteiger partial charge in [-0.05, 0) is 127 Å². The molecule has 52 heavy (non-hydrogen) atoms. The Morgan fingerprint density at radius 3 is 1.69 bits per heavy atom. The third-order valence-corrected chi connectivity index (χ3v) is 9.50. The Bertz CT molecular complexity index is 1790. The lowest BCUT2D eigenvalue weighted by molar-refractivity contribution is -0.0115. The van der Waals surface area contributed by atoms with E-state index in [0.29, 0.717) is 31.2 Å². The zero-order valence-corrected chi connectivity index (χ0v) is 33.1. The van der Waals surface area contributed by atoms with Gasteiger partial charge in [0.05, 0.1) is 16.7 Å². The topological polar surface area (TPSA) is 130 Å². The summed E-state index contributed by atoms with van der Waals surface area (Å²) in [6.07, 6.45) is 1.29. The normalized spacial score (nSPS) is 20.4. The summed E-state index contributed by atoms with van der Waals surface area (Å²) in [5.74, 6) is 0.204. The van der Waals surface area contributed by atoms with Crippen molar-refractivity contribution in [3.8, 4) is 0 Å². The van der Waals surface area contributed by atoms with E-state index in [4.69, 9.17) is 33.5 Å². The number of carbonyl (C=O) groups is 3. The van der Waals surface area contributed by atoms with E-state index in [0.717, 1.165) is 26.5 Å². The first-order valence-electron chi connectivity index (χ1n) is 18.2. The lowest BCUT2D eigenvalue weighted by Crippen LogP contribution is -2.52. The predicted octanol–water partition coefficient (Wildman–Crippen LogP) is 8.31. The van der Waals surface area contributed by atoms with Crippen LogP contribution in [0.5, 0.6) is 0 Å². The van der Waals surface area contributed by atoms with Crippen molar-refractivity contribution >= 4 is 58.5 Å². The number of hydrogen-bond acceptors (Lipinski definition) is 10. The first kappa shape index (κ1) is 39.2. The van der Waals surface area contributed by atoms with Gasteiger partial charge in [-0.3, -0.25) is 0 Å². The van der Waals surface area contributed by atoms with E-state index >= 15 is 0 Å². The zero-order valence-electron chi connectivity index (χ0n) is 33.1. The number of rotatable bonds is 4. The van der Waals surface area contributed by atoms with Gasteiger partial charge in [0.2, 0.25) is 5.95 Å². The number of anilines is 1. The number of carbonyl (C=O) groups excluding carboxylic acids is 3. The molecule has 1 saturated heterocycles. The van der Waals surface area contributed by atoms with Gasteiger partial charge in [-0.15, -0.1) is 0 Å². The smallest absolute Gasteiger partial charge is 0.443 e. The number of amides is 3. The Morgan fingerprint density at radius 2 is 1.19 bits per heavy atom. The van der Waals surface area contributed by atoms with E-state index in [1.165, 1.54) is 4.90 Å². The summed E-state index contributed by atoms with van der Waals surface area (Å²) in [6, 6.07) is 9.04. The SMILES string of the molecule is CC(C)(C)OC(=O)N(C(=O)OC(C)(C)C)C1CCC(N(C(=O)OC(C)(C)C)c2ncc3cc(B4OC(C)(C)C(C)(C)O4)c4ccccc4c3n2)CC1. The molecule has 1 aliphatic carbocycles. The van der Waals surface area contributed by atoms with E-state index in [-0.39, 0.29) is 12.0 Å². The minimum absolute atomic E-state index is 0.204. The molecule has 2 aromatic carbocycles. The molecule has 0 unspecified atom stereocenters. The van der Waals surface area contributed by atoms with E-state index in [1.807, 2.05) is 78.8 Å². The Kier molecular flexibility index (Phi) is 10.4. The largest absolute Gasteiger partial charge is 0.495 e. The summed E-state index contributed by atoms with van der Waals surface area (Å²) in [4.78, 5) is 53.1.